The number of carbonyl (C=O) groups excluding carboxylic acids is 5. The highest BCUT2D eigenvalue weighted by atomic mass is 16.6. The third-order valence-corrected chi connectivity index (χ3v) is 9.25. The minimum Gasteiger partial charge on any atom is -0.481 e. The Labute approximate surface area is 314 Å². The lowest BCUT2D eigenvalue weighted by atomic mass is 9.96. The monoisotopic (exact) mass is 758 g/mol. The fourth-order valence-electron chi connectivity index (χ4n) is 6.05. The maximum absolute atomic E-state index is 12.9. The van der Waals surface area contributed by atoms with E-state index in [4.69, 9.17) is 25.1 Å². The van der Waals surface area contributed by atoms with Crippen molar-refractivity contribution in [1.29, 1.82) is 0 Å². The number of nitrogens with one attached hydrogen (secondary N) is 3. The van der Waals surface area contributed by atoms with Gasteiger partial charge in [-0.05, 0) is 26.7 Å². The number of aliphatic hydroxyl groups excluding tert-OH is 2. The van der Waals surface area contributed by atoms with Crippen LogP contribution in [-0.4, -0.2) is 106 Å². The number of primary amides is 1. The second-order valence-electron chi connectivity index (χ2n) is 14.0. The van der Waals surface area contributed by atoms with Gasteiger partial charge in [-0.15, -0.1) is 0 Å². The van der Waals surface area contributed by atoms with E-state index in [1.807, 2.05) is 0 Å². The van der Waals surface area contributed by atoms with Crippen LogP contribution in [0.4, 0.5) is 0 Å². The Balaban J connectivity index is 2.53. The van der Waals surface area contributed by atoms with Gasteiger partial charge in [0.25, 0.3) is 0 Å². The molecule has 4 unspecified atom stereocenters. The van der Waals surface area contributed by atoms with Crippen LogP contribution >= 0.6 is 0 Å². The van der Waals surface area contributed by atoms with Gasteiger partial charge in [0.05, 0.1) is 0 Å². The minimum atomic E-state index is -1.69. The topological polar surface area (TPSA) is 253 Å². The Morgan fingerprint density at radius 1 is 0.774 bits per heavy atom. The van der Waals surface area contributed by atoms with Crippen LogP contribution in [0, 0.1) is 0 Å². The smallest absolute Gasteiger partial charge is 0.305 e. The van der Waals surface area contributed by atoms with Crippen molar-refractivity contribution in [2.45, 2.75) is 192 Å². The second-order valence-corrected chi connectivity index (χ2v) is 14.0. The summed E-state index contributed by atoms with van der Waals surface area (Å²) in [7, 11) is 0. The Morgan fingerprint density at radius 2 is 1.30 bits per heavy atom. The van der Waals surface area contributed by atoms with Gasteiger partial charge in [-0.25, -0.2) is 0 Å². The molecule has 8 atom stereocenters. The van der Waals surface area contributed by atoms with Crippen molar-refractivity contribution >= 4 is 35.6 Å². The Hall–Kier alpha value is -3.34. The molecule has 0 aromatic rings. The van der Waals surface area contributed by atoms with Crippen LogP contribution in [0.1, 0.15) is 143 Å². The molecular formula is C37H66N4O12. The number of ether oxygens (including phenoxy) is 3. The summed E-state index contributed by atoms with van der Waals surface area (Å²) in [6.45, 7) is 5.62. The van der Waals surface area contributed by atoms with Gasteiger partial charge in [-0.1, -0.05) is 96.8 Å². The molecule has 0 radical (unpaired) electrons. The first-order chi connectivity index (χ1) is 25.2. The fourth-order valence-corrected chi connectivity index (χ4v) is 6.05. The van der Waals surface area contributed by atoms with Crippen LogP contribution < -0.4 is 21.7 Å². The molecule has 1 fully saturated rings. The second kappa shape index (κ2) is 27.3. The predicted molar refractivity (Wildman–Crippen MR) is 195 cm³/mol. The molecule has 0 bridgehead atoms. The van der Waals surface area contributed by atoms with E-state index in [9.17, 15) is 39.0 Å². The first kappa shape index (κ1) is 47.7. The molecular weight excluding hydrogens is 692 g/mol. The van der Waals surface area contributed by atoms with Gasteiger partial charge in [-0.3, -0.25) is 28.8 Å². The molecule has 4 amide bonds. The highest BCUT2D eigenvalue weighted by Crippen LogP contribution is 2.25. The number of unbranched alkanes of at least 4 members (excludes halogenated alkanes) is 14. The largest absolute Gasteiger partial charge is 0.481 e. The fraction of sp³-hybridized carbons (Fsp3) is 0.838. The number of hydrogen-bond donors (Lipinski definition) is 7. The predicted octanol–water partition coefficient (Wildman–Crippen LogP) is 2.49. The van der Waals surface area contributed by atoms with Gasteiger partial charge in [0, 0.05) is 19.8 Å². The number of amides is 4. The van der Waals surface area contributed by atoms with Crippen LogP contribution in [0.25, 0.3) is 0 Å². The highest BCUT2D eigenvalue weighted by Gasteiger charge is 2.47. The molecule has 0 aliphatic carbocycles. The van der Waals surface area contributed by atoms with E-state index in [2.05, 4.69) is 22.9 Å². The van der Waals surface area contributed by atoms with Crippen LogP contribution in [0.5, 0.6) is 0 Å². The summed E-state index contributed by atoms with van der Waals surface area (Å²) in [5.41, 5.74) is 5.25. The minimum absolute atomic E-state index is 0.181. The summed E-state index contributed by atoms with van der Waals surface area (Å²) < 4.78 is 16.6. The van der Waals surface area contributed by atoms with Crippen molar-refractivity contribution in [1.82, 2.24) is 16.0 Å². The molecule has 0 saturated carbocycles. The average Bonchev–Trinajstić information content (AvgIpc) is 3.09. The van der Waals surface area contributed by atoms with Gasteiger partial charge in [0.1, 0.15) is 49.1 Å². The molecule has 53 heavy (non-hydrogen) atoms. The zero-order chi connectivity index (χ0) is 39.8. The van der Waals surface area contributed by atoms with Crippen LogP contribution in [0.15, 0.2) is 0 Å². The number of nitrogens with two attached hydrogens (primary N) is 1. The molecule has 0 aromatic heterocycles. The Bertz CT molecular complexity index is 1130. The number of aliphatic hydroxyl groups is 2. The number of carboxylic acids is 1. The molecule has 16 heteroatoms. The first-order valence-corrected chi connectivity index (χ1v) is 19.4. The molecule has 1 saturated heterocycles. The van der Waals surface area contributed by atoms with Crippen LogP contribution in [0.2, 0.25) is 0 Å². The lowest BCUT2D eigenvalue weighted by Gasteiger charge is -2.43. The Kier molecular flexibility index (Phi) is 24.5. The zero-order valence-electron chi connectivity index (χ0n) is 32.1. The zero-order valence-corrected chi connectivity index (χ0v) is 32.1. The summed E-state index contributed by atoms with van der Waals surface area (Å²) in [6, 6.07) is -3.80. The molecule has 8 N–H and O–H groups in total. The van der Waals surface area contributed by atoms with Gasteiger partial charge < -0.3 is 51.2 Å². The molecule has 1 aliphatic rings. The molecule has 0 spiro atoms. The molecule has 0 aromatic carbocycles. The third-order valence-electron chi connectivity index (χ3n) is 9.25. The van der Waals surface area contributed by atoms with E-state index in [0.717, 1.165) is 19.3 Å². The molecule has 16 nitrogen and oxygen atoms in total. The summed E-state index contributed by atoms with van der Waals surface area (Å²) in [6.07, 6.45) is 10.3. The maximum Gasteiger partial charge on any atom is 0.305 e. The number of esters is 1. The van der Waals surface area contributed by atoms with Crippen molar-refractivity contribution in [2.24, 2.45) is 5.73 Å². The number of hydrogen-bond acceptors (Lipinski definition) is 11. The quantitative estimate of drug-likeness (QED) is 0.0429. The maximum atomic E-state index is 12.9. The Morgan fingerprint density at radius 3 is 1.79 bits per heavy atom. The lowest BCUT2D eigenvalue weighted by molar-refractivity contribution is -0.267. The van der Waals surface area contributed by atoms with E-state index in [1.54, 1.807) is 0 Å². The van der Waals surface area contributed by atoms with Crippen molar-refractivity contribution in [3.63, 3.8) is 0 Å². The van der Waals surface area contributed by atoms with E-state index in [1.165, 1.54) is 91.4 Å². The molecule has 306 valence electrons. The van der Waals surface area contributed by atoms with Gasteiger partial charge in [-0.2, -0.15) is 0 Å². The van der Waals surface area contributed by atoms with Gasteiger partial charge in [0.15, 0.2) is 6.29 Å². The number of aliphatic carboxylic acids is 1. The van der Waals surface area contributed by atoms with Gasteiger partial charge in [0.2, 0.25) is 23.6 Å². The van der Waals surface area contributed by atoms with Gasteiger partial charge >= 0.3 is 11.9 Å². The molecule has 1 aliphatic heterocycles. The average molecular weight is 759 g/mol. The van der Waals surface area contributed by atoms with Crippen molar-refractivity contribution in [3.8, 4) is 0 Å². The van der Waals surface area contributed by atoms with E-state index in [0.29, 0.717) is 6.42 Å². The lowest BCUT2D eigenvalue weighted by Crippen LogP contribution is -2.66. The molecule has 1 heterocycles. The van der Waals surface area contributed by atoms with Crippen molar-refractivity contribution in [2.75, 3.05) is 6.61 Å². The van der Waals surface area contributed by atoms with Crippen LogP contribution in [0.3, 0.4) is 0 Å². The van der Waals surface area contributed by atoms with Crippen molar-refractivity contribution < 1.29 is 58.3 Å². The summed E-state index contributed by atoms with van der Waals surface area (Å²) in [5, 5.41) is 37.8. The normalized spacial score (nSPS) is 21.5. The SMILES string of the molecule is CCCCCCCCCCCCCCCCCC(=O)OC[C@H]1OC(O)[C@H](NC(C)=O)C(O[C@H](C)C(=O)NC(C)C(=O)NC(CCC(=O)O)C(N)=O)[C@@H]1O. The first-order valence-electron chi connectivity index (χ1n) is 19.4. The number of carboxylic acid groups (broad SMARTS) is 1. The summed E-state index contributed by atoms with van der Waals surface area (Å²) in [4.78, 5) is 72.3. The van der Waals surface area contributed by atoms with E-state index in [-0.39, 0.29) is 12.8 Å². The van der Waals surface area contributed by atoms with E-state index < -0.39 is 97.4 Å². The number of rotatable bonds is 29. The third kappa shape index (κ3) is 20.6. The highest BCUT2D eigenvalue weighted by molar-refractivity contribution is 5.92. The van der Waals surface area contributed by atoms with Crippen molar-refractivity contribution in [3.05, 3.63) is 0 Å². The molecule has 1 rings (SSSR count). The van der Waals surface area contributed by atoms with Crippen LogP contribution in [-0.2, 0) is 43.0 Å². The number of carbonyl (C=O) groups is 6. The summed E-state index contributed by atoms with van der Waals surface area (Å²) in [5.74, 6) is -4.85. The summed E-state index contributed by atoms with van der Waals surface area (Å²) >= 11 is 0. The standard InChI is InChI=1S/C37H66N4O12/c1-5-6-7-8-9-10-11-12-13-14-15-16-17-18-19-20-30(45)51-23-28-32(46)33(31(37(50)53-28)40-26(4)42)52-25(3)36(49)39-24(2)35(48)41-27(34(38)47)21-22-29(43)44/h24-25,27-28,31-33,37,46,50H,5-23H2,1-4H3,(H2,38,47)(H,39,49)(H,40,42)(H,41,48)(H,43,44)/t24?,25-,27?,28-,31-,32-,33?,37?/m1/s1. The van der Waals surface area contributed by atoms with E-state index >= 15 is 0 Å².